The third-order valence-corrected chi connectivity index (χ3v) is 3.54. The van der Waals surface area contributed by atoms with Gasteiger partial charge < -0.3 is 10.2 Å². The summed E-state index contributed by atoms with van der Waals surface area (Å²) in [6.45, 7) is 0.344. The third kappa shape index (κ3) is 4.30. The molecule has 0 atom stereocenters. The Bertz CT molecular complexity index is 648. The molecular formula is C16H18N4O3. The van der Waals surface area contributed by atoms with E-state index in [1.807, 2.05) is 0 Å². The zero-order valence-electron chi connectivity index (χ0n) is 12.9. The number of anilines is 1. The molecule has 0 aliphatic carbocycles. The van der Waals surface area contributed by atoms with Crippen LogP contribution >= 0.6 is 0 Å². The van der Waals surface area contributed by atoms with E-state index in [4.69, 9.17) is 5.26 Å². The van der Waals surface area contributed by atoms with Gasteiger partial charge >= 0.3 is 6.03 Å². The number of nitrogens with zero attached hydrogens (tertiary/aromatic N) is 3. The van der Waals surface area contributed by atoms with Gasteiger partial charge in [0.25, 0.3) is 0 Å². The van der Waals surface area contributed by atoms with Crippen LogP contribution in [-0.2, 0) is 16.0 Å². The number of likely N-dealkylation sites (N-methyl/N-ethyl adjacent to an activating group) is 1. The van der Waals surface area contributed by atoms with Crippen LogP contribution in [0.25, 0.3) is 0 Å². The molecule has 1 aliphatic heterocycles. The highest BCUT2D eigenvalue weighted by Gasteiger charge is 2.32. The summed E-state index contributed by atoms with van der Waals surface area (Å²) in [6.07, 6.45) is 0.977. The fourth-order valence-corrected chi connectivity index (χ4v) is 2.31. The van der Waals surface area contributed by atoms with Crippen molar-refractivity contribution in [2.45, 2.75) is 19.3 Å². The number of rotatable bonds is 6. The van der Waals surface area contributed by atoms with E-state index >= 15 is 0 Å². The third-order valence-electron chi connectivity index (χ3n) is 3.54. The summed E-state index contributed by atoms with van der Waals surface area (Å²) >= 11 is 0. The van der Waals surface area contributed by atoms with Gasteiger partial charge in [-0.1, -0.05) is 12.1 Å². The second kappa shape index (κ2) is 7.40. The van der Waals surface area contributed by atoms with Crippen molar-refractivity contribution in [1.29, 1.82) is 5.26 Å². The lowest BCUT2D eigenvalue weighted by atomic mass is 10.1. The summed E-state index contributed by atoms with van der Waals surface area (Å²) in [5.41, 5.74) is 1.55. The highest BCUT2D eigenvalue weighted by atomic mass is 16.2. The summed E-state index contributed by atoms with van der Waals surface area (Å²) < 4.78 is 0. The van der Waals surface area contributed by atoms with E-state index in [1.54, 1.807) is 31.3 Å². The van der Waals surface area contributed by atoms with Gasteiger partial charge in [0.1, 0.15) is 6.54 Å². The van der Waals surface area contributed by atoms with Gasteiger partial charge in [0, 0.05) is 25.7 Å². The van der Waals surface area contributed by atoms with Gasteiger partial charge in [-0.05, 0) is 24.1 Å². The van der Waals surface area contributed by atoms with E-state index in [2.05, 4.69) is 11.4 Å². The zero-order chi connectivity index (χ0) is 16.8. The molecule has 4 amide bonds. The molecule has 1 heterocycles. The van der Waals surface area contributed by atoms with Crippen LogP contribution < -0.4 is 5.32 Å². The average Bonchev–Trinajstić information content (AvgIpc) is 2.76. The maximum absolute atomic E-state index is 11.9. The van der Waals surface area contributed by atoms with Crippen molar-refractivity contribution < 1.29 is 14.4 Å². The van der Waals surface area contributed by atoms with Crippen LogP contribution in [0, 0.1) is 11.3 Å². The van der Waals surface area contributed by atoms with Crippen LogP contribution in [0.4, 0.5) is 10.5 Å². The molecule has 2 rings (SSSR count). The van der Waals surface area contributed by atoms with E-state index in [0.29, 0.717) is 18.5 Å². The van der Waals surface area contributed by atoms with E-state index in [1.165, 1.54) is 9.80 Å². The molecular weight excluding hydrogens is 296 g/mol. The molecule has 0 radical (unpaired) electrons. The summed E-state index contributed by atoms with van der Waals surface area (Å²) in [4.78, 5) is 37.6. The first-order valence-corrected chi connectivity index (χ1v) is 7.32. The van der Waals surface area contributed by atoms with Gasteiger partial charge in [-0.15, -0.1) is 0 Å². The molecule has 1 N–H and O–H groups in total. The minimum Gasteiger partial charge on any atom is -0.326 e. The Morgan fingerprint density at radius 1 is 1.30 bits per heavy atom. The van der Waals surface area contributed by atoms with Crippen molar-refractivity contribution in [1.82, 2.24) is 9.80 Å². The second-order valence-corrected chi connectivity index (χ2v) is 5.37. The minimum atomic E-state index is -0.316. The highest BCUT2D eigenvalue weighted by Crippen LogP contribution is 2.12. The topological polar surface area (TPSA) is 93.5 Å². The Labute approximate surface area is 134 Å². The summed E-state index contributed by atoms with van der Waals surface area (Å²) in [5.74, 6) is -0.406. The van der Waals surface area contributed by atoms with Crippen molar-refractivity contribution in [3.05, 3.63) is 29.8 Å². The molecule has 7 nitrogen and oxygen atoms in total. The number of hydrogen-bond acceptors (Lipinski definition) is 4. The number of urea groups is 1. The molecule has 0 bridgehead atoms. The smallest absolute Gasteiger partial charge is 0.326 e. The summed E-state index contributed by atoms with van der Waals surface area (Å²) in [7, 11) is 1.57. The van der Waals surface area contributed by atoms with Crippen LogP contribution in [0.5, 0.6) is 0 Å². The number of nitriles is 1. The maximum Gasteiger partial charge on any atom is 0.326 e. The molecule has 120 valence electrons. The van der Waals surface area contributed by atoms with Crippen LogP contribution in [-0.4, -0.2) is 47.8 Å². The number of hydrogen-bond donors (Lipinski definition) is 1. The molecule has 1 aromatic rings. The minimum absolute atomic E-state index is 0.0973. The molecule has 0 saturated carbocycles. The number of benzene rings is 1. The van der Waals surface area contributed by atoms with Crippen molar-refractivity contribution in [2.24, 2.45) is 0 Å². The molecule has 0 unspecified atom stereocenters. The second-order valence-electron chi connectivity index (χ2n) is 5.37. The molecule has 1 aliphatic rings. The van der Waals surface area contributed by atoms with E-state index < -0.39 is 0 Å². The lowest BCUT2D eigenvalue weighted by Crippen LogP contribution is -2.32. The Morgan fingerprint density at radius 2 is 2.00 bits per heavy atom. The Kier molecular flexibility index (Phi) is 5.31. The summed E-state index contributed by atoms with van der Waals surface area (Å²) in [5, 5.41) is 11.3. The van der Waals surface area contributed by atoms with Crippen molar-refractivity contribution in [3.63, 3.8) is 0 Å². The predicted molar refractivity (Wildman–Crippen MR) is 83.4 cm³/mol. The number of carbonyl (C=O) groups is 3. The first-order valence-electron chi connectivity index (χ1n) is 7.32. The normalized spacial score (nSPS) is 14.1. The standard InChI is InChI=1S/C16H18N4O3/c1-19-11-15(22)20(16(19)23)10-2-3-14(21)18-13-6-4-12(5-7-13)8-9-17/h4-7H,2-3,8,10-11H2,1H3,(H,18,21). The fourth-order valence-electron chi connectivity index (χ4n) is 2.31. The van der Waals surface area contributed by atoms with Crippen LogP contribution in [0.1, 0.15) is 18.4 Å². The zero-order valence-corrected chi connectivity index (χ0v) is 12.9. The first kappa shape index (κ1) is 16.5. The molecule has 7 heteroatoms. The molecule has 0 aromatic heterocycles. The van der Waals surface area contributed by atoms with Crippen LogP contribution in [0.15, 0.2) is 24.3 Å². The Hall–Kier alpha value is -2.88. The van der Waals surface area contributed by atoms with Gasteiger partial charge in [-0.3, -0.25) is 14.5 Å². The first-order chi connectivity index (χ1) is 11.0. The van der Waals surface area contributed by atoms with Gasteiger partial charge in [0.15, 0.2) is 0 Å². The van der Waals surface area contributed by atoms with Crippen molar-refractivity contribution in [2.75, 3.05) is 25.5 Å². The van der Waals surface area contributed by atoms with E-state index in [9.17, 15) is 14.4 Å². The number of amides is 4. The van der Waals surface area contributed by atoms with Crippen molar-refractivity contribution >= 4 is 23.5 Å². The number of imide groups is 1. The maximum atomic E-state index is 11.9. The number of nitrogens with one attached hydrogen (secondary N) is 1. The van der Waals surface area contributed by atoms with Gasteiger partial charge in [0.2, 0.25) is 11.8 Å². The molecule has 1 saturated heterocycles. The predicted octanol–water partition coefficient (Wildman–Crippen LogP) is 1.37. The summed E-state index contributed by atoms with van der Waals surface area (Å²) in [6, 6.07) is 8.80. The highest BCUT2D eigenvalue weighted by molar-refractivity contribution is 6.01. The Balaban J connectivity index is 1.76. The van der Waals surface area contributed by atoms with E-state index in [-0.39, 0.29) is 37.4 Å². The lowest BCUT2D eigenvalue weighted by molar-refractivity contribution is -0.125. The van der Waals surface area contributed by atoms with Crippen molar-refractivity contribution in [3.8, 4) is 6.07 Å². The van der Waals surface area contributed by atoms with Gasteiger partial charge in [0.05, 0.1) is 12.5 Å². The average molecular weight is 314 g/mol. The van der Waals surface area contributed by atoms with Gasteiger partial charge in [-0.2, -0.15) is 5.26 Å². The molecule has 23 heavy (non-hydrogen) atoms. The van der Waals surface area contributed by atoms with Crippen LogP contribution in [0.3, 0.4) is 0 Å². The monoisotopic (exact) mass is 314 g/mol. The SMILES string of the molecule is CN1CC(=O)N(CCCC(=O)Nc2ccc(CC#N)cc2)C1=O. The quantitative estimate of drug-likeness (QED) is 0.802. The Morgan fingerprint density at radius 3 is 2.57 bits per heavy atom. The molecule has 1 fully saturated rings. The van der Waals surface area contributed by atoms with Crippen LogP contribution in [0.2, 0.25) is 0 Å². The number of carbonyl (C=O) groups excluding carboxylic acids is 3. The fraction of sp³-hybridized carbons (Fsp3) is 0.375. The largest absolute Gasteiger partial charge is 0.326 e. The van der Waals surface area contributed by atoms with Gasteiger partial charge in [-0.25, -0.2) is 4.79 Å². The van der Waals surface area contributed by atoms with E-state index in [0.717, 1.165) is 5.56 Å². The molecule has 1 aromatic carbocycles. The molecule has 0 spiro atoms. The lowest BCUT2D eigenvalue weighted by Gasteiger charge is -2.13.